The van der Waals surface area contributed by atoms with E-state index in [0.717, 1.165) is 10.0 Å². The van der Waals surface area contributed by atoms with Gasteiger partial charge in [0.2, 0.25) is 0 Å². The standard InChI is InChI=1S/C14H14BrNO3S/c1-20(17,18)13-5-3-12(4-6-13)19-14-7-2-11(15)8-10(14)9-16/h2-8H,9,16H2,1H3. The van der Waals surface area contributed by atoms with Crippen LogP contribution in [0.5, 0.6) is 11.5 Å². The first kappa shape index (κ1) is 15.0. The fourth-order valence-electron chi connectivity index (χ4n) is 1.69. The molecule has 0 amide bonds. The first-order valence-corrected chi connectivity index (χ1v) is 8.55. The maximum absolute atomic E-state index is 11.4. The van der Waals surface area contributed by atoms with Gasteiger partial charge >= 0.3 is 0 Å². The quantitative estimate of drug-likeness (QED) is 0.914. The van der Waals surface area contributed by atoms with Gasteiger partial charge in [-0.1, -0.05) is 15.9 Å². The third-order valence-corrected chi connectivity index (χ3v) is 4.34. The number of hydrogen-bond acceptors (Lipinski definition) is 4. The lowest BCUT2D eigenvalue weighted by Gasteiger charge is -2.10. The van der Waals surface area contributed by atoms with Gasteiger partial charge in [-0.05, 0) is 42.5 Å². The molecule has 0 saturated heterocycles. The van der Waals surface area contributed by atoms with Crippen molar-refractivity contribution in [1.29, 1.82) is 0 Å². The van der Waals surface area contributed by atoms with Crippen molar-refractivity contribution in [3.05, 3.63) is 52.5 Å². The van der Waals surface area contributed by atoms with E-state index in [4.69, 9.17) is 10.5 Å². The third kappa shape index (κ3) is 3.59. The maximum Gasteiger partial charge on any atom is 0.175 e. The second kappa shape index (κ2) is 5.95. The number of nitrogens with two attached hydrogens (primary N) is 1. The topological polar surface area (TPSA) is 69.4 Å². The number of halogens is 1. The minimum Gasteiger partial charge on any atom is -0.457 e. The van der Waals surface area contributed by atoms with E-state index < -0.39 is 9.84 Å². The SMILES string of the molecule is CS(=O)(=O)c1ccc(Oc2ccc(Br)cc2CN)cc1. The molecule has 0 heterocycles. The summed E-state index contributed by atoms with van der Waals surface area (Å²) in [5, 5.41) is 0. The van der Waals surface area contributed by atoms with Crippen LogP contribution >= 0.6 is 15.9 Å². The Bertz CT molecular complexity index is 712. The molecule has 2 aromatic carbocycles. The monoisotopic (exact) mass is 355 g/mol. The molecule has 2 rings (SSSR count). The zero-order chi connectivity index (χ0) is 14.8. The van der Waals surface area contributed by atoms with Crippen LogP contribution < -0.4 is 10.5 Å². The van der Waals surface area contributed by atoms with E-state index >= 15 is 0 Å². The van der Waals surface area contributed by atoms with Crippen LogP contribution in [0.3, 0.4) is 0 Å². The molecule has 6 heteroatoms. The Labute approximate surface area is 126 Å². The fraction of sp³-hybridized carbons (Fsp3) is 0.143. The van der Waals surface area contributed by atoms with Gasteiger partial charge in [0.15, 0.2) is 9.84 Å². The number of ether oxygens (including phenoxy) is 1. The first-order chi connectivity index (χ1) is 9.40. The molecule has 0 bridgehead atoms. The Hall–Kier alpha value is -1.37. The molecular weight excluding hydrogens is 342 g/mol. The molecule has 0 atom stereocenters. The summed E-state index contributed by atoms with van der Waals surface area (Å²) >= 11 is 3.38. The smallest absolute Gasteiger partial charge is 0.175 e. The fourth-order valence-corrected chi connectivity index (χ4v) is 2.73. The van der Waals surface area contributed by atoms with E-state index in [2.05, 4.69) is 15.9 Å². The Morgan fingerprint density at radius 1 is 1.15 bits per heavy atom. The second-order valence-corrected chi connectivity index (χ2v) is 7.23. The van der Waals surface area contributed by atoms with Crippen molar-refractivity contribution in [3.8, 4) is 11.5 Å². The van der Waals surface area contributed by atoms with E-state index in [1.807, 2.05) is 18.2 Å². The van der Waals surface area contributed by atoms with E-state index in [1.165, 1.54) is 18.4 Å². The van der Waals surface area contributed by atoms with Crippen molar-refractivity contribution in [2.45, 2.75) is 11.4 Å². The second-order valence-electron chi connectivity index (χ2n) is 4.30. The van der Waals surface area contributed by atoms with Gasteiger partial charge in [0.05, 0.1) is 4.90 Å². The van der Waals surface area contributed by atoms with Gasteiger partial charge in [0, 0.05) is 22.8 Å². The third-order valence-electron chi connectivity index (χ3n) is 2.72. The van der Waals surface area contributed by atoms with Gasteiger partial charge in [0.25, 0.3) is 0 Å². The molecule has 0 spiro atoms. The summed E-state index contributed by atoms with van der Waals surface area (Å²) in [6.45, 7) is 0.357. The maximum atomic E-state index is 11.4. The molecule has 20 heavy (non-hydrogen) atoms. The molecule has 0 aliphatic carbocycles. The lowest BCUT2D eigenvalue weighted by atomic mass is 10.2. The van der Waals surface area contributed by atoms with Gasteiger partial charge in [-0.25, -0.2) is 8.42 Å². The number of sulfone groups is 1. The highest BCUT2D eigenvalue weighted by Gasteiger charge is 2.08. The molecular formula is C14H14BrNO3S. The predicted molar refractivity (Wildman–Crippen MR) is 81.7 cm³/mol. The first-order valence-electron chi connectivity index (χ1n) is 5.86. The van der Waals surface area contributed by atoms with Crippen LogP contribution in [0.25, 0.3) is 0 Å². The summed E-state index contributed by atoms with van der Waals surface area (Å²) in [6.07, 6.45) is 1.17. The average Bonchev–Trinajstić information content (AvgIpc) is 2.40. The van der Waals surface area contributed by atoms with Gasteiger partial charge in [-0.2, -0.15) is 0 Å². The van der Waals surface area contributed by atoms with Crippen LogP contribution in [-0.2, 0) is 16.4 Å². The van der Waals surface area contributed by atoms with Crippen LogP contribution in [0.2, 0.25) is 0 Å². The normalized spacial score (nSPS) is 11.3. The number of hydrogen-bond donors (Lipinski definition) is 1. The molecule has 0 unspecified atom stereocenters. The summed E-state index contributed by atoms with van der Waals surface area (Å²) in [6, 6.07) is 11.9. The molecule has 2 N–H and O–H groups in total. The van der Waals surface area contributed by atoms with Gasteiger partial charge < -0.3 is 10.5 Å². The largest absolute Gasteiger partial charge is 0.457 e. The zero-order valence-corrected chi connectivity index (χ0v) is 13.2. The highest BCUT2D eigenvalue weighted by molar-refractivity contribution is 9.10. The molecule has 106 valence electrons. The Balaban J connectivity index is 2.27. The summed E-state index contributed by atoms with van der Waals surface area (Å²) in [7, 11) is -3.19. The number of rotatable bonds is 4. The van der Waals surface area contributed by atoms with Crippen molar-refractivity contribution >= 4 is 25.8 Å². The highest BCUT2D eigenvalue weighted by Crippen LogP contribution is 2.28. The Morgan fingerprint density at radius 3 is 2.35 bits per heavy atom. The molecule has 0 aromatic heterocycles. The molecule has 0 aliphatic rings. The minimum atomic E-state index is -3.19. The van der Waals surface area contributed by atoms with Crippen LogP contribution in [-0.4, -0.2) is 14.7 Å². The van der Waals surface area contributed by atoms with Crippen molar-refractivity contribution in [2.24, 2.45) is 5.73 Å². The van der Waals surface area contributed by atoms with Gasteiger partial charge in [-0.3, -0.25) is 0 Å². The minimum absolute atomic E-state index is 0.264. The van der Waals surface area contributed by atoms with Crippen LogP contribution in [0, 0.1) is 0 Å². The number of benzene rings is 2. The lowest BCUT2D eigenvalue weighted by Crippen LogP contribution is -2.00. The Kier molecular flexibility index (Phi) is 4.47. The molecule has 2 aromatic rings. The van der Waals surface area contributed by atoms with Crippen LogP contribution in [0.1, 0.15) is 5.56 Å². The van der Waals surface area contributed by atoms with E-state index in [-0.39, 0.29) is 4.90 Å². The molecule has 4 nitrogen and oxygen atoms in total. The van der Waals surface area contributed by atoms with Gasteiger partial charge in [0.1, 0.15) is 11.5 Å². The van der Waals surface area contributed by atoms with Crippen LogP contribution in [0.15, 0.2) is 51.8 Å². The highest BCUT2D eigenvalue weighted by atomic mass is 79.9. The van der Waals surface area contributed by atoms with Crippen LogP contribution in [0.4, 0.5) is 0 Å². The lowest BCUT2D eigenvalue weighted by molar-refractivity contribution is 0.476. The summed E-state index contributed by atoms with van der Waals surface area (Å²) in [5.74, 6) is 1.22. The zero-order valence-electron chi connectivity index (χ0n) is 10.8. The van der Waals surface area contributed by atoms with Crippen molar-refractivity contribution in [2.75, 3.05) is 6.26 Å². The summed E-state index contributed by atoms with van der Waals surface area (Å²) in [4.78, 5) is 0.264. The summed E-state index contributed by atoms with van der Waals surface area (Å²) in [5.41, 5.74) is 6.54. The summed E-state index contributed by atoms with van der Waals surface area (Å²) < 4.78 is 29.4. The van der Waals surface area contributed by atoms with E-state index in [9.17, 15) is 8.42 Å². The van der Waals surface area contributed by atoms with Gasteiger partial charge in [-0.15, -0.1) is 0 Å². The molecule has 0 aliphatic heterocycles. The predicted octanol–water partition coefficient (Wildman–Crippen LogP) is 3.10. The Morgan fingerprint density at radius 2 is 1.80 bits per heavy atom. The molecule has 0 fully saturated rings. The molecule has 0 radical (unpaired) electrons. The van der Waals surface area contributed by atoms with E-state index in [1.54, 1.807) is 12.1 Å². The van der Waals surface area contributed by atoms with Crippen molar-refractivity contribution in [3.63, 3.8) is 0 Å². The average molecular weight is 356 g/mol. The molecule has 0 saturated carbocycles. The van der Waals surface area contributed by atoms with E-state index in [0.29, 0.717) is 18.0 Å². The van der Waals surface area contributed by atoms with Crippen molar-refractivity contribution < 1.29 is 13.2 Å². The van der Waals surface area contributed by atoms with Crippen molar-refractivity contribution in [1.82, 2.24) is 0 Å².